The minimum atomic E-state index is -0.406. The van der Waals surface area contributed by atoms with Gasteiger partial charge in [0.15, 0.2) is 0 Å². The Hall–Kier alpha value is -2.42. The Balaban J connectivity index is 1.68. The van der Waals surface area contributed by atoms with Gasteiger partial charge in [-0.15, -0.1) is 22.7 Å². The van der Waals surface area contributed by atoms with Crippen molar-refractivity contribution < 1.29 is 9.59 Å². The van der Waals surface area contributed by atoms with E-state index in [1.54, 1.807) is 31.2 Å². The Labute approximate surface area is 169 Å². The van der Waals surface area contributed by atoms with E-state index in [9.17, 15) is 9.59 Å². The van der Waals surface area contributed by atoms with Crippen LogP contribution in [0.3, 0.4) is 0 Å². The van der Waals surface area contributed by atoms with Crippen molar-refractivity contribution in [3.05, 3.63) is 56.9 Å². The second-order valence-electron chi connectivity index (χ2n) is 5.89. The van der Waals surface area contributed by atoms with Crippen LogP contribution >= 0.6 is 34.3 Å². The molecule has 27 heavy (non-hydrogen) atoms. The highest BCUT2D eigenvalue weighted by atomic mass is 35.5. The molecule has 0 fully saturated rings. The minimum absolute atomic E-state index is 0.389. The van der Waals surface area contributed by atoms with Gasteiger partial charge in [0.25, 0.3) is 11.8 Å². The van der Waals surface area contributed by atoms with Gasteiger partial charge in [-0.1, -0.05) is 17.7 Å². The number of nitrogens with zero attached hydrogens (tertiary/aromatic N) is 2. The van der Waals surface area contributed by atoms with Crippen molar-refractivity contribution in [1.29, 1.82) is 0 Å². The Morgan fingerprint density at radius 2 is 1.81 bits per heavy atom. The van der Waals surface area contributed by atoms with Crippen molar-refractivity contribution in [2.45, 2.75) is 6.92 Å². The van der Waals surface area contributed by atoms with Gasteiger partial charge in [-0.2, -0.15) is 0 Å². The average Bonchev–Trinajstić information content (AvgIpc) is 3.25. The fraction of sp³-hybridized carbons (Fsp3) is 0.167. The summed E-state index contributed by atoms with van der Waals surface area (Å²) < 4.78 is 0.663. The van der Waals surface area contributed by atoms with E-state index in [-0.39, 0.29) is 5.91 Å². The van der Waals surface area contributed by atoms with Crippen LogP contribution in [0.5, 0.6) is 0 Å². The van der Waals surface area contributed by atoms with Crippen LogP contribution in [-0.4, -0.2) is 30.9 Å². The number of carbonyl (C=O) groups excluding carboxylic acids is 2. The highest BCUT2D eigenvalue weighted by Crippen LogP contribution is 2.34. The zero-order valence-electron chi connectivity index (χ0n) is 14.9. The summed E-state index contributed by atoms with van der Waals surface area (Å²) >= 11 is 8.62. The summed E-state index contributed by atoms with van der Waals surface area (Å²) in [6.07, 6.45) is 0. The summed E-state index contributed by atoms with van der Waals surface area (Å²) in [6.45, 7) is 1.76. The molecule has 0 bridgehead atoms. The van der Waals surface area contributed by atoms with Gasteiger partial charge in [-0.3, -0.25) is 20.4 Å². The molecule has 9 heteroatoms. The van der Waals surface area contributed by atoms with Crippen molar-refractivity contribution in [2.75, 3.05) is 19.0 Å². The van der Waals surface area contributed by atoms with Crippen LogP contribution in [-0.2, 0) is 0 Å². The molecule has 0 aliphatic carbocycles. The molecule has 2 aromatic heterocycles. The van der Waals surface area contributed by atoms with Crippen LogP contribution in [0, 0.1) is 6.92 Å². The fourth-order valence-electron chi connectivity index (χ4n) is 2.31. The zero-order chi connectivity index (χ0) is 19.6. The maximum atomic E-state index is 12.4. The molecule has 0 spiro atoms. The Morgan fingerprint density at radius 3 is 2.48 bits per heavy atom. The van der Waals surface area contributed by atoms with E-state index in [2.05, 4.69) is 15.8 Å². The first-order chi connectivity index (χ1) is 12.8. The van der Waals surface area contributed by atoms with Crippen LogP contribution in [0.1, 0.15) is 25.7 Å². The second kappa shape index (κ2) is 8.08. The predicted molar refractivity (Wildman–Crippen MR) is 111 cm³/mol. The quantitative estimate of drug-likeness (QED) is 0.626. The lowest BCUT2D eigenvalue weighted by Gasteiger charge is -2.13. The van der Waals surface area contributed by atoms with Crippen molar-refractivity contribution in [3.63, 3.8) is 0 Å². The number of hydrogen-bond donors (Lipinski definition) is 2. The molecule has 3 aromatic rings. The number of nitrogens with one attached hydrogen (secondary N) is 2. The van der Waals surface area contributed by atoms with Crippen molar-refractivity contribution >= 4 is 51.8 Å². The number of hydrogen-bond acceptors (Lipinski definition) is 6. The molecule has 2 N–H and O–H groups in total. The number of rotatable bonds is 4. The van der Waals surface area contributed by atoms with Crippen LogP contribution < -0.4 is 15.8 Å². The first kappa shape index (κ1) is 19.3. The maximum Gasteiger partial charge on any atom is 0.281 e. The minimum Gasteiger partial charge on any atom is -0.378 e. The maximum absolute atomic E-state index is 12.4. The van der Waals surface area contributed by atoms with Gasteiger partial charge in [0.05, 0.1) is 14.9 Å². The Morgan fingerprint density at radius 1 is 1.07 bits per heavy atom. The molecule has 2 amide bonds. The van der Waals surface area contributed by atoms with Crippen molar-refractivity contribution in [3.8, 4) is 9.88 Å². The van der Waals surface area contributed by atoms with E-state index >= 15 is 0 Å². The first-order valence-electron chi connectivity index (χ1n) is 7.96. The summed E-state index contributed by atoms with van der Waals surface area (Å²) in [5.74, 6) is -0.796. The van der Waals surface area contributed by atoms with Crippen LogP contribution in [0.4, 0.5) is 5.69 Å². The van der Waals surface area contributed by atoms with Gasteiger partial charge >= 0.3 is 0 Å². The molecule has 0 atom stereocenters. The summed E-state index contributed by atoms with van der Waals surface area (Å²) in [7, 11) is 3.79. The molecule has 0 saturated heterocycles. The van der Waals surface area contributed by atoms with Gasteiger partial charge in [0, 0.05) is 25.3 Å². The number of anilines is 1. The molecule has 0 aliphatic heterocycles. The monoisotopic (exact) mass is 420 g/mol. The van der Waals surface area contributed by atoms with E-state index in [4.69, 9.17) is 11.6 Å². The van der Waals surface area contributed by atoms with Gasteiger partial charge in [-0.05, 0) is 37.3 Å². The smallest absolute Gasteiger partial charge is 0.281 e. The van der Waals surface area contributed by atoms with Gasteiger partial charge in [0.1, 0.15) is 9.88 Å². The van der Waals surface area contributed by atoms with Crippen LogP contribution in [0.15, 0.2) is 36.4 Å². The lowest BCUT2D eigenvalue weighted by Crippen LogP contribution is -2.41. The summed E-state index contributed by atoms with van der Waals surface area (Å²) in [6, 6.07) is 10.8. The number of benzene rings is 1. The van der Waals surface area contributed by atoms with E-state index in [0.29, 0.717) is 20.5 Å². The third kappa shape index (κ3) is 4.47. The number of aryl methyl sites for hydroxylation is 1. The standard InChI is InChI=1S/C18H17ClN4O2S2/c1-10-15(27-18(20-10)13-7-8-14(19)26-13)17(25)22-21-16(24)11-5-4-6-12(9-11)23(2)3/h4-9H,1-3H3,(H,21,24)(H,22,25). The molecule has 0 saturated carbocycles. The van der Waals surface area contributed by atoms with E-state index in [1.807, 2.05) is 31.1 Å². The molecule has 140 valence electrons. The topological polar surface area (TPSA) is 74.3 Å². The third-order valence-corrected chi connectivity index (χ3v) is 6.26. The van der Waals surface area contributed by atoms with Crippen LogP contribution in [0.2, 0.25) is 4.34 Å². The summed E-state index contributed by atoms with van der Waals surface area (Å²) in [5, 5.41) is 0.722. The lowest BCUT2D eigenvalue weighted by molar-refractivity contribution is 0.0848. The molecule has 2 heterocycles. The molecule has 1 aromatic carbocycles. The highest BCUT2D eigenvalue weighted by molar-refractivity contribution is 7.24. The molecule has 0 unspecified atom stereocenters. The average molecular weight is 421 g/mol. The Kier molecular flexibility index (Phi) is 5.79. The summed E-state index contributed by atoms with van der Waals surface area (Å²) in [5.41, 5.74) is 6.85. The third-order valence-electron chi connectivity index (χ3n) is 3.70. The summed E-state index contributed by atoms with van der Waals surface area (Å²) in [4.78, 5) is 32.4. The first-order valence-corrected chi connectivity index (χ1v) is 9.97. The fourth-order valence-corrected chi connectivity index (χ4v) is 4.37. The van der Waals surface area contributed by atoms with E-state index in [0.717, 1.165) is 15.6 Å². The van der Waals surface area contributed by atoms with Crippen LogP contribution in [0.25, 0.3) is 9.88 Å². The lowest BCUT2D eigenvalue weighted by atomic mass is 10.2. The number of carbonyl (C=O) groups is 2. The number of thiophene rings is 1. The largest absolute Gasteiger partial charge is 0.378 e. The number of amides is 2. The second-order valence-corrected chi connectivity index (χ2v) is 8.60. The molecular weight excluding hydrogens is 404 g/mol. The van der Waals surface area contributed by atoms with E-state index in [1.165, 1.54) is 22.7 Å². The van der Waals surface area contributed by atoms with E-state index < -0.39 is 5.91 Å². The molecule has 0 radical (unpaired) electrons. The highest BCUT2D eigenvalue weighted by Gasteiger charge is 2.18. The van der Waals surface area contributed by atoms with Crippen molar-refractivity contribution in [1.82, 2.24) is 15.8 Å². The van der Waals surface area contributed by atoms with Gasteiger partial charge in [0.2, 0.25) is 0 Å². The van der Waals surface area contributed by atoms with Gasteiger partial charge < -0.3 is 4.90 Å². The normalized spacial score (nSPS) is 10.5. The molecule has 3 rings (SSSR count). The molecule has 6 nitrogen and oxygen atoms in total. The predicted octanol–water partition coefficient (Wildman–Crippen LogP) is 3.97. The number of hydrazine groups is 1. The number of halogens is 1. The number of thiazole rings is 1. The Bertz CT molecular complexity index is 997. The number of aromatic nitrogens is 1. The molecular formula is C18H17ClN4O2S2. The zero-order valence-corrected chi connectivity index (χ0v) is 17.3. The van der Waals surface area contributed by atoms with Crippen molar-refractivity contribution in [2.24, 2.45) is 0 Å². The SMILES string of the molecule is Cc1nc(-c2ccc(Cl)s2)sc1C(=O)NNC(=O)c1cccc(N(C)C)c1. The van der Waals surface area contributed by atoms with Gasteiger partial charge in [-0.25, -0.2) is 4.98 Å². The molecule has 0 aliphatic rings.